The summed E-state index contributed by atoms with van der Waals surface area (Å²) in [5.41, 5.74) is 9.18. The maximum atomic E-state index is 4.79. The molecule has 3 aromatic heterocycles. The summed E-state index contributed by atoms with van der Waals surface area (Å²) in [6, 6.07) is 15.8. The molecule has 1 aliphatic rings. The highest BCUT2D eigenvalue weighted by Crippen LogP contribution is 2.33. The fourth-order valence-corrected chi connectivity index (χ4v) is 4.93. The third-order valence-corrected chi connectivity index (χ3v) is 6.73. The van der Waals surface area contributed by atoms with Gasteiger partial charge in [-0.2, -0.15) is 0 Å². The quantitative estimate of drug-likeness (QED) is 0.459. The number of aryl methyl sites for hydroxylation is 3. The van der Waals surface area contributed by atoms with Crippen LogP contribution in [0.1, 0.15) is 29.8 Å². The van der Waals surface area contributed by atoms with Gasteiger partial charge in [0, 0.05) is 58.4 Å². The molecule has 4 aromatic rings. The van der Waals surface area contributed by atoms with Crippen LogP contribution >= 0.6 is 0 Å². The lowest BCUT2D eigenvalue weighted by atomic mass is 10.0. The standard InChI is InChI=1S/C27H31N5/c1-17-13-22(14-18(2)30-17)27-19(3)24-7-5-20(15-25(24)31-27)21-6-8-26(29-16-21)32(4)23-9-11-28-12-10-23/h5-8,13-16,23,28,31H,9-12H2,1-4H3. The summed E-state index contributed by atoms with van der Waals surface area (Å²) in [4.78, 5) is 15.3. The lowest BCUT2D eigenvalue weighted by Gasteiger charge is -2.32. The maximum absolute atomic E-state index is 4.79. The van der Waals surface area contributed by atoms with Crippen molar-refractivity contribution in [3.05, 3.63) is 65.6 Å². The first-order valence-electron chi connectivity index (χ1n) is 11.5. The minimum Gasteiger partial charge on any atom is -0.357 e. The van der Waals surface area contributed by atoms with Crippen molar-refractivity contribution in [1.29, 1.82) is 0 Å². The van der Waals surface area contributed by atoms with Crippen molar-refractivity contribution < 1.29 is 0 Å². The number of piperidine rings is 1. The summed E-state index contributed by atoms with van der Waals surface area (Å²) in [7, 11) is 2.16. The molecule has 0 bridgehead atoms. The van der Waals surface area contributed by atoms with Crippen molar-refractivity contribution in [2.24, 2.45) is 0 Å². The van der Waals surface area contributed by atoms with E-state index in [1.54, 1.807) is 0 Å². The van der Waals surface area contributed by atoms with Gasteiger partial charge in [0.05, 0.1) is 0 Å². The Morgan fingerprint density at radius 1 is 0.875 bits per heavy atom. The maximum Gasteiger partial charge on any atom is 0.128 e. The van der Waals surface area contributed by atoms with Gasteiger partial charge in [0.25, 0.3) is 0 Å². The molecule has 164 valence electrons. The lowest BCUT2D eigenvalue weighted by Crippen LogP contribution is -2.41. The lowest BCUT2D eigenvalue weighted by molar-refractivity contribution is 0.442. The highest BCUT2D eigenvalue weighted by atomic mass is 15.2. The monoisotopic (exact) mass is 425 g/mol. The highest BCUT2D eigenvalue weighted by molar-refractivity contribution is 5.93. The van der Waals surface area contributed by atoms with Crippen molar-refractivity contribution in [3.8, 4) is 22.4 Å². The number of nitrogens with one attached hydrogen (secondary N) is 2. The zero-order chi connectivity index (χ0) is 22.2. The normalized spacial score (nSPS) is 14.8. The molecule has 1 saturated heterocycles. The van der Waals surface area contributed by atoms with Gasteiger partial charge < -0.3 is 15.2 Å². The molecule has 0 aliphatic carbocycles. The van der Waals surface area contributed by atoms with Gasteiger partial charge >= 0.3 is 0 Å². The second-order valence-electron chi connectivity index (χ2n) is 9.02. The first-order valence-corrected chi connectivity index (χ1v) is 11.5. The number of pyridine rings is 2. The van der Waals surface area contributed by atoms with Crippen LogP contribution in [0, 0.1) is 20.8 Å². The third kappa shape index (κ3) is 3.89. The molecule has 5 nitrogen and oxygen atoms in total. The van der Waals surface area contributed by atoms with E-state index in [0.717, 1.165) is 41.4 Å². The first-order chi connectivity index (χ1) is 15.5. The fraction of sp³-hybridized carbons (Fsp3) is 0.333. The van der Waals surface area contributed by atoms with E-state index >= 15 is 0 Å². The van der Waals surface area contributed by atoms with Crippen molar-refractivity contribution in [3.63, 3.8) is 0 Å². The van der Waals surface area contributed by atoms with Crippen LogP contribution in [0.3, 0.4) is 0 Å². The van der Waals surface area contributed by atoms with Crippen LogP contribution < -0.4 is 10.2 Å². The van der Waals surface area contributed by atoms with E-state index in [-0.39, 0.29) is 0 Å². The number of rotatable bonds is 4. The van der Waals surface area contributed by atoms with E-state index in [0.29, 0.717) is 6.04 Å². The Kier molecular flexibility index (Phi) is 5.43. The molecule has 5 rings (SSSR count). The van der Waals surface area contributed by atoms with Crippen LogP contribution in [0.2, 0.25) is 0 Å². The molecule has 1 aromatic carbocycles. The second kappa shape index (κ2) is 8.40. The van der Waals surface area contributed by atoms with E-state index in [4.69, 9.17) is 4.98 Å². The van der Waals surface area contributed by atoms with Gasteiger partial charge in [0.2, 0.25) is 0 Å². The molecule has 0 atom stereocenters. The summed E-state index contributed by atoms with van der Waals surface area (Å²) in [5.74, 6) is 1.04. The van der Waals surface area contributed by atoms with E-state index in [1.807, 2.05) is 20.0 Å². The zero-order valence-electron chi connectivity index (χ0n) is 19.4. The second-order valence-corrected chi connectivity index (χ2v) is 9.02. The predicted molar refractivity (Wildman–Crippen MR) is 133 cm³/mol. The Morgan fingerprint density at radius 2 is 1.59 bits per heavy atom. The minimum atomic E-state index is 0.562. The average Bonchev–Trinajstić information content (AvgIpc) is 3.14. The summed E-state index contributed by atoms with van der Waals surface area (Å²) >= 11 is 0. The summed E-state index contributed by atoms with van der Waals surface area (Å²) in [6.45, 7) is 8.45. The van der Waals surface area contributed by atoms with E-state index in [2.05, 4.69) is 76.6 Å². The summed E-state index contributed by atoms with van der Waals surface area (Å²) in [5, 5.41) is 4.69. The molecule has 1 fully saturated rings. The molecular formula is C27H31N5. The molecule has 32 heavy (non-hydrogen) atoms. The van der Waals surface area contributed by atoms with E-state index in [9.17, 15) is 0 Å². The SMILES string of the molecule is Cc1cc(-c2[nH]c3cc(-c4ccc(N(C)C5CCNCC5)nc4)ccc3c2C)cc(C)n1. The van der Waals surface area contributed by atoms with Crippen molar-refractivity contribution in [2.45, 2.75) is 39.7 Å². The van der Waals surface area contributed by atoms with Crippen LogP contribution in [-0.4, -0.2) is 41.1 Å². The Hall–Kier alpha value is -3.18. The van der Waals surface area contributed by atoms with Gasteiger partial charge in [0.1, 0.15) is 5.82 Å². The molecule has 0 amide bonds. The Balaban J connectivity index is 1.44. The summed E-state index contributed by atoms with van der Waals surface area (Å²) in [6.07, 6.45) is 4.34. The van der Waals surface area contributed by atoms with Crippen LogP contribution in [0.4, 0.5) is 5.82 Å². The smallest absolute Gasteiger partial charge is 0.128 e. The number of fused-ring (bicyclic) bond motifs is 1. The average molecular weight is 426 g/mol. The Bertz CT molecular complexity index is 1230. The van der Waals surface area contributed by atoms with Gasteiger partial charge in [-0.25, -0.2) is 4.98 Å². The number of benzene rings is 1. The molecule has 0 radical (unpaired) electrons. The molecule has 0 saturated carbocycles. The molecule has 0 spiro atoms. The fourth-order valence-electron chi connectivity index (χ4n) is 4.93. The number of anilines is 1. The third-order valence-electron chi connectivity index (χ3n) is 6.73. The van der Waals surface area contributed by atoms with Gasteiger partial charge in [-0.1, -0.05) is 12.1 Å². The van der Waals surface area contributed by atoms with Crippen molar-refractivity contribution in [1.82, 2.24) is 20.3 Å². The molecule has 0 unspecified atom stereocenters. The van der Waals surface area contributed by atoms with Crippen LogP contribution in [0.15, 0.2) is 48.7 Å². The zero-order valence-corrected chi connectivity index (χ0v) is 19.4. The molecule has 1 aliphatic heterocycles. The van der Waals surface area contributed by atoms with Crippen molar-refractivity contribution in [2.75, 3.05) is 25.0 Å². The van der Waals surface area contributed by atoms with Crippen LogP contribution in [0.25, 0.3) is 33.3 Å². The van der Waals surface area contributed by atoms with Crippen molar-refractivity contribution >= 4 is 16.7 Å². The van der Waals surface area contributed by atoms with Crippen LogP contribution in [0.5, 0.6) is 0 Å². The number of H-pyrrole nitrogens is 1. The summed E-state index contributed by atoms with van der Waals surface area (Å²) < 4.78 is 0. The van der Waals surface area contributed by atoms with Crippen LogP contribution in [-0.2, 0) is 0 Å². The predicted octanol–water partition coefficient (Wildman–Crippen LogP) is 5.41. The largest absolute Gasteiger partial charge is 0.357 e. The first kappa shape index (κ1) is 20.7. The molecule has 5 heteroatoms. The van der Waals surface area contributed by atoms with Gasteiger partial charge in [-0.05, 0) is 88.2 Å². The van der Waals surface area contributed by atoms with E-state index < -0.39 is 0 Å². The van der Waals surface area contributed by atoms with Gasteiger partial charge in [-0.15, -0.1) is 0 Å². The molecular weight excluding hydrogens is 394 g/mol. The Labute approximate surface area is 189 Å². The highest BCUT2D eigenvalue weighted by Gasteiger charge is 2.19. The van der Waals surface area contributed by atoms with Gasteiger partial charge in [-0.3, -0.25) is 4.98 Å². The number of hydrogen-bond donors (Lipinski definition) is 2. The minimum absolute atomic E-state index is 0.562. The molecule has 4 heterocycles. The van der Waals surface area contributed by atoms with Gasteiger partial charge in [0.15, 0.2) is 0 Å². The molecule has 2 N–H and O–H groups in total. The number of aromatic amines is 1. The number of hydrogen-bond acceptors (Lipinski definition) is 4. The topological polar surface area (TPSA) is 56.8 Å². The Morgan fingerprint density at radius 3 is 2.28 bits per heavy atom. The van der Waals surface area contributed by atoms with E-state index in [1.165, 1.54) is 40.6 Å². The number of aromatic nitrogens is 3. The number of nitrogens with zero attached hydrogens (tertiary/aromatic N) is 3.